The van der Waals surface area contributed by atoms with Crippen LogP contribution in [0.15, 0.2) is 0 Å². The average Bonchev–Trinajstić information content (AvgIpc) is 2.01. The van der Waals surface area contributed by atoms with Gasteiger partial charge in [0.25, 0.3) is 0 Å². The predicted octanol–water partition coefficient (Wildman–Crippen LogP) is -2.15. The number of hydrogen-bond acceptors (Lipinski definition) is 5. The lowest BCUT2D eigenvalue weighted by Crippen LogP contribution is -2.63. The van der Waals surface area contributed by atoms with Crippen molar-refractivity contribution in [2.45, 2.75) is 12.6 Å². The zero-order valence-electron chi connectivity index (χ0n) is 6.78. The van der Waals surface area contributed by atoms with E-state index < -0.39 is 23.3 Å². The molecule has 7 N–H and O–H groups in total. The van der Waals surface area contributed by atoms with Crippen molar-refractivity contribution in [1.29, 1.82) is 0 Å². The van der Waals surface area contributed by atoms with Gasteiger partial charge in [-0.2, -0.15) is 0 Å². The van der Waals surface area contributed by atoms with Crippen LogP contribution >= 0.6 is 0 Å². The first kappa shape index (κ1) is 11.0. The molecule has 0 aliphatic carbocycles. The molecule has 0 aromatic rings. The number of rotatable bonds is 4. The van der Waals surface area contributed by atoms with Gasteiger partial charge in [0.05, 0.1) is 12.5 Å². The summed E-state index contributed by atoms with van der Waals surface area (Å²) in [6.45, 7) is 1.08. The molecule has 0 fully saturated rings. The van der Waals surface area contributed by atoms with Gasteiger partial charge in [-0.05, 0) is 0 Å². The van der Waals surface area contributed by atoms with Gasteiger partial charge in [0.1, 0.15) is 0 Å². The molecule has 0 saturated carbocycles. The Morgan fingerprint density at radius 2 is 1.92 bits per heavy atom. The van der Waals surface area contributed by atoms with Crippen LogP contribution in [0.2, 0.25) is 0 Å². The van der Waals surface area contributed by atoms with Gasteiger partial charge in [-0.3, -0.25) is 4.79 Å². The molecule has 0 radical (unpaired) electrons. The summed E-state index contributed by atoms with van der Waals surface area (Å²) in [5.41, 5.74) is 13.3. The molecule has 70 valence electrons. The summed E-state index contributed by atoms with van der Waals surface area (Å²) >= 11 is 0. The van der Waals surface area contributed by atoms with Crippen molar-refractivity contribution < 1.29 is 14.7 Å². The monoisotopic (exact) mass is 175 g/mol. The number of Topliss-reactive ketones (excluding diaryl/α,β-unsaturated/α-hetero) is 1. The molecular weight excluding hydrogens is 162 g/mol. The quantitative estimate of drug-likeness (QED) is 0.360. The van der Waals surface area contributed by atoms with E-state index in [0.29, 0.717) is 0 Å². The highest BCUT2D eigenvalue weighted by Gasteiger charge is 2.39. The zero-order valence-corrected chi connectivity index (χ0v) is 6.78. The standard InChI is InChI=1S/C6H13N3O3/c1-3(4(10)2-7)6(8,9)5(11)12/h3H,2,7-9H2,1H3,(H,11,12). The molecule has 6 heteroatoms. The van der Waals surface area contributed by atoms with Crippen LogP contribution in [0.3, 0.4) is 0 Å². The van der Waals surface area contributed by atoms with Crippen LogP contribution in [0.1, 0.15) is 6.92 Å². The van der Waals surface area contributed by atoms with E-state index >= 15 is 0 Å². The number of carbonyl (C=O) groups is 2. The minimum atomic E-state index is -2.03. The summed E-state index contributed by atoms with van der Waals surface area (Å²) in [5.74, 6) is -2.88. The largest absolute Gasteiger partial charge is 0.479 e. The van der Waals surface area contributed by atoms with E-state index in [1.54, 1.807) is 0 Å². The normalized spacial score (nSPS) is 14.0. The molecule has 1 unspecified atom stereocenters. The van der Waals surface area contributed by atoms with E-state index in [-0.39, 0.29) is 6.54 Å². The molecule has 0 aliphatic rings. The Morgan fingerprint density at radius 1 is 1.50 bits per heavy atom. The van der Waals surface area contributed by atoms with Crippen LogP contribution in [0.4, 0.5) is 0 Å². The summed E-state index contributed by atoms with van der Waals surface area (Å²) in [6.07, 6.45) is 0. The summed E-state index contributed by atoms with van der Waals surface area (Å²) in [4.78, 5) is 21.4. The van der Waals surface area contributed by atoms with Crippen molar-refractivity contribution in [1.82, 2.24) is 0 Å². The predicted molar refractivity (Wildman–Crippen MR) is 42.0 cm³/mol. The summed E-state index contributed by atoms with van der Waals surface area (Å²) in [7, 11) is 0. The second kappa shape index (κ2) is 3.61. The zero-order chi connectivity index (χ0) is 9.94. The number of hydrogen-bond donors (Lipinski definition) is 4. The molecule has 0 saturated heterocycles. The van der Waals surface area contributed by atoms with Gasteiger partial charge in [-0.1, -0.05) is 6.92 Å². The summed E-state index contributed by atoms with van der Waals surface area (Å²) < 4.78 is 0. The number of aliphatic carboxylic acids is 1. The average molecular weight is 175 g/mol. The first-order chi connectivity index (χ1) is 5.34. The van der Waals surface area contributed by atoms with Crippen LogP contribution < -0.4 is 17.2 Å². The Balaban J connectivity index is 4.56. The summed E-state index contributed by atoms with van der Waals surface area (Å²) in [5, 5.41) is 8.51. The molecular formula is C6H13N3O3. The number of ketones is 1. The van der Waals surface area contributed by atoms with Crippen molar-refractivity contribution >= 4 is 11.8 Å². The number of nitrogens with two attached hydrogens (primary N) is 3. The minimum absolute atomic E-state index is 0.259. The second-order valence-corrected chi connectivity index (χ2v) is 2.63. The first-order valence-electron chi connectivity index (χ1n) is 3.38. The Labute approximate surface area is 69.7 Å². The fourth-order valence-electron chi connectivity index (χ4n) is 0.628. The van der Waals surface area contributed by atoms with Crippen molar-refractivity contribution in [2.24, 2.45) is 23.1 Å². The number of carbonyl (C=O) groups excluding carboxylic acids is 1. The molecule has 0 amide bonds. The van der Waals surface area contributed by atoms with E-state index in [1.807, 2.05) is 0 Å². The molecule has 6 nitrogen and oxygen atoms in total. The SMILES string of the molecule is CC(C(=O)CN)C(N)(N)C(=O)O. The Bertz CT molecular complexity index is 202. The minimum Gasteiger partial charge on any atom is -0.479 e. The maximum Gasteiger partial charge on any atom is 0.339 e. The molecule has 0 aromatic carbocycles. The van der Waals surface area contributed by atoms with Crippen LogP contribution in [-0.4, -0.2) is 29.1 Å². The topological polar surface area (TPSA) is 132 Å². The van der Waals surface area contributed by atoms with Gasteiger partial charge < -0.3 is 22.3 Å². The molecule has 0 rings (SSSR count). The van der Waals surface area contributed by atoms with Crippen molar-refractivity contribution in [3.05, 3.63) is 0 Å². The third-order valence-electron chi connectivity index (χ3n) is 1.77. The van der Waals surface area contributed by atoms with Gasteiger partial charge >= 0.3 is 5.97 Å². The Morgan fingerprint density at radius 3 is 2.17 bits per heavy atom. The molecule has 0 aliphatic heterocycles. The van der Waals surface area contributed by atoms with Gasteiger partial charge in [0.15, 0.2) is 11.4 Å². The lowest BCUT2D eigenvalue weighted by atomic mass is 9.92. The molecule has 12 heavy (non-hydrogen) atoms. The van der Waals surface area contributed by atoms with E-state index in [1.165, 1.54) is 6.92 Å². The van der Waals surface area contributed by atoms with Gasteiger partial charge in [0.2, 0.25) is 0 Å². The molecule has 0 bridgehead atoms. The van der Waals surface area contributed by atoms with E-state index in [2.05, 4.69) is 0 Å². The maximum absolute atomic E-state index is 10.9. The highest BCUT2D eigenvalue weighted by molar-refractivity contribution is 5.91. The van der Waals surface area contributed by atoms with Crippen LogP contribution in [0, 0.1) is 5.92 Å². The third-order valence-corrected chi connectivity index (χ3v) is 1.77. The summed E-state index contributed by atoms with van der Waals surface area (Å²) in [6, 6.07) is 0. The molecule has 0 aromatic heterocycles. The Hall–Kier alpha value is -0.980. The second-order valence-electron chi connectivity index (χ2n) is 2.63. The van der Waals surface area contributed by atoms with Crippen molar-refractivity contribution in [3.8, 4) is 0 Å². The van der Waals surface area contributed by atoms with Gasteiger partial charge in [0, 0.05) is 0 Å². The van der Waals surface area contributed by atoms with E-state index in [0.717, 1.165) is 0 Å². The lowest BCUT2D eigenvalue weighted by Gasteiger charge is -2.24. The fourth-order valence-corrected chi connectivity index (χ4v) is 0.628. The number of carboxylic acids is 1. The first-order valence-corrected chi connectivity index (χ1v) is 3.38. The molecule has 1 atom stereocenters. The van der Waals surface area contributed by atoms with Gasteiger partial charge in [-0.15, -0.1) is 0 Å². The molecule has 0 heterocycles. The van der Waals surface area contributed by atoms with Crippen LogP contribution in [0.5, 0.6) is 0 Å². The maximum atomic E-state index is 10.9. The lowest BCUT2D eigenvalue weighted by molar-refractivity contribution is -0.147. The van der Waals surface area contributed by atoms with E-state index in [9.17, 15) is 9.59 Å². The van der Waals surface area contributed by atoms with Crippen LogP contribution in [0.25, 0.3) is 0 Å². The highest BCUT2D eigenvalue weighted by Crippen LogP contribution is 2.09. The highest BCUT2D eigenvalue weighted by atomic mass is 16.4. The van der Waals surface area contributed by atoms with Crippen LogP contribution in [-0.2, 0) is 9.59 Å². The molecule has 0 spiro atoms. The van der Waals surface area contributed by atoms with Gasteiger partial charge in [-0.25, -0.2) is 4.79 Å². The Kier molecular flexibility index (Phi) is 3.32. The third kappa shape index (κ3) is 2.00. The van der Waals surface area contributed by atoms with E-state index in [4.69, 9.17) is 22.3 Å². The number of carboxylic acid groups (broad SMARTS) is 1. The van der Waals surface area contributed by atoms with Crippen molar-refractivity contribution in [2.75, 3.05) is 6.54 Å². The smallest absolute Gasteiger partial charge is 0.339 e. The fraction of sp³-hybridized carbons (Fsp3) is 0.667. The van der Waals surface area contributed by atoms with Crippen molar-refractivity contribution in [3.63, 3.8) is 0 Å².